The molecule has 1 aliphatic heterocycles. The van der Waals surface area contributed by atoms with Crippen LogP contribution < -0.4 is 16.2 Å². The Labute approximate surface area is 207 Å². The van der Waals surface area contributed by atoms with Gasteiger partial charge >= 0.3 is 6.18 Å². The molecule has 192 valence electrons. The van der Waals surface area contributed by atoms with E-state index in [2.05, 4.69) is 20.5 Å². The van der Waals surface area contributed by atoms with E-state index in [1.54, 1.807) is 6.92 Å². The molecule has 2 aromatic heterocycles. The zero-order chi connectivity index (χ0) is 25.9. The maximum absolute atomic E-state index is 13.0. The normalized spacial score (nSPS) is 14.7. The van der Waals surface area contributed by atoms with Crippen LogP contribution >= 0.6 is 11.3 Å². The second kappa shape index (κ2) is 10.8. The first-order chi connectivity index (χ1) is 17.1. The number of carbonyl (C=O) groups excluding carboxylic acids is 2. The molecule has 13 heteroatoms. The summed E-state index contributed by atoms with van der Waals surface area (Å²) < 4.78 is 45.1. The highest BCUT2D eigenvalue weighted by Crippen LogP contribution is 2.30. The number of benzene rings is 1. The van der Waals surface area contributed by atoms with Gasteiger partial charge < -0.3 is 15.4 Å². The highest BCUT2D eigenvalue weighted by molar-refractivity contribution is 7.20. The van der Waals surface area contributed by atoms with Crippen LogP contribution in [-0.4, -0.2) is 65.7 Å². The van der Waals surface area contributed by atoms with Crippen LogP contribution in [0.15, 0.2) is 35.4 Å². The summed E-state index contributed by atoms with van der Waals surface area (Å²) in [7, 11) is 0. The molecule has 2 N–H and O–H groups in total. The van der Waals surface area contributed by atoms with Gasteiger partial charge in [0.05, 0.1) is 35.4 Å². The summed E-state index contributed by atoms with van der Waals surface area (Å²) in [6.45, 7) is 5.27. The summed E-state index contributed by atoms with van der Waals surface area (Å²) in [6.07, 6.45) is -3.36. The quantitative estimate of drug-likeness (QED) is 0.493. The summed E-state index contributed by atoms with van der Waals surface area (Å²) >= 11 is 1.09. The van der Waals surface area contributed by atoms with Gasteiger partial charge in [0, 0.05) is 31.9 Å². The fourth-order valence-corrected chi connectivity index (χ4v) is 4.91. The number of hydrogen-bond acceptors (Lipinski definition) is 7. The number of rotatable bonds is 7. The lowest BCUT2D eigenvalue weighted by Gasteiger charge is -2.26. The van der Waals surface area contributed by atoms with E-state index in [0.717, 1.165) is 41.1 Å². The first kappa shape index (κ1) is 25.8. The van der Waals surface area contributed by atoms with Gasteiger partial charge in [0.2, 0.25) is 5.91 Å². The van der Waals surface area contributed by atoms with Gasteiger partial charge in [-0.3, -0.25) is 23.9 Å². The average Bonchev–Trinajstić information content (AvgIpc) is 3.18. The SMILES string of the molecule is Cc1c(C(=O)NCCN2CCOCC2)sc2ncn(CC(=O)Nc3cccc(C(F)(F)F)c3)c(=O)c12. The van der Waals surface area contributed by atoms with Crippen molar-refractivity contribution in [1.82, 2.24) is 19.8 Å². The van der Waals surface area contributed by atoms with Gasteiger partial charge in [0.25, 0.3) is 11.5 Å². The number of amides is 2. The number of nitrogens with one attached hydrogen (secondary N) is 2. The van der Waals surface area contributed by atoms with Gasteiger partial charge in [-0.15, -0.1) is 11.3 Å². The minimum absolute atomic E-state index is 0.0420. The Morgan fingerprint density at radius 1 is 1.22 bits per heavy atom. The van der Waals surface area contributed by atoms with Gasteiger partial charge in [0.1, 0.15) is 11.4 Å². The number of anilines is 1. The van der Waals surface area contributed by atoms with Crippen LogP contribution in [-0.2, 0) is 22.3 Å². The molecule has 0 bridgehead atoms. The highest BCUT2D eigenvalue weighted by atomic mass is 32.1. The third-order valence-electron chi connectivity index (χ3n) is 5.73. The van der Waals surface area contributed by atoms with Crippen molar-refractivity contribution in [2.75, 3.05) is 44.7 Å². The topological polar surface area (TPSA) is 106 Å². The molecule has 1 saturated heterocycles. The predicted octanol–water partition coefficient (Wildman–Crippen LogP) is 2.49. The molecule has 0 unspecified atom stereocenters. The minimum Gasteiger partial charge on any atom is -0.379 e. The molecule has 0 radical (unpaired) electrons. The number of thiophene rings is 1. The summed E-state index contributed by atoms with van der Waals surface area (Å²) in [5.74, 6) is -0.997. The number of morpholine rings is 1. The van der Waals surface area contributed by atoms with Crippen molar-refractivity contribution in [2.45, 2.75) is 19.6 Å². The van der Waals surface area contributed by atoms with E-state index < -0.39 is 29.8 Å². The molecule has 0 aliphatic carbocycles. The minimum atomic E-state index is -4.55. The fourth-order valence-electron chi connectivity index (χ4n) is 3.85. The molecular formula is C23H24F3N5O4S. The highest BCUT2D eigenvalue weighted by Gasteiger charge is 2.30. The van der Waals surface area contributed by atoms with Crippen molar-refractivity contribution in [3.05, 3.63) is 57.0 Å². The fraction of sp³-hybridized carbons (Fsp3) is 0.391. The number of aromatic nitrogens is 2. The standard InChI is InChI=1S/C23H24F3N5O4S/c1-14-18-21(36-19(14)20(33)27-5-6-30-7-9-35-10-8-30)28-13-31(22(18)34)12-17(32)29-16-4-2-3-15(11-16)23(24,25)26/h2-4,11,13H,5-10,12H2,1H3,(H,27,33)(H,29,32). The van der Waals surface area contributed by atoms with Crippen LogP contribution in [0.3, 0.4) is 0 Å². The maximum atomic E-state index is 13.0. The molecular weight excluding hydrogens is 499 g/mol. The molecule has 3 heterocycles. The number of aryl methyl sites for hydroxylation is 1. The van der Waals surface area contributed by atoms with Crippen molar-refractivity contribution in [1.29, 1.82) is 0 Å². The summed E-state index contributed by atoms with van der Waals surface area (Å²) in [5, 5.41) is 5.46. The smallest absolute Gasteiger partial charge is 0.379 e. The van der Waals surface area contributed by atoms with Crippen molar-refractivity contribution in [3.63, 3.8) is 0 Å². The number of halogens is 3. The number of alkyl halides is 3. The van der Waals surface area contributed by atoms with Crippen LogP contribution in [0.1, 0.15) is 20.8 Å². The molecule has 0 spiro atoms. The van der Waals surface area contributed by atoms with E-state index >= 15 is 0 Å². The van der Waals surface area contributed by atoms with Gasteiger partial charge in [-0.05, 0) is 30.7 Å². The van der Waals surface area contributed by atoms with Gasteiger partial charge in [-0.1, -0.05) is 6.07 Å². The van der Waals surface area contributed by atoms with Crippen LogP contribution in [0.5, 0.6) is 0 Å². The number of nitrogens with zero attached hydrogens (tertiary/aromatic N) is 3. The first-order valence-electron chi connectivity index (χ1n) is 11.2. The zero-order valence-corrected chi connectivity index (χ0v) is 20.2. The van der Waals surface area contributed by atoms with Crippen molar-refractivity contribution in [3.8, 4) is 0 Å². The van der Waals surface area contributed by atoms with Crippen molar-refractivity contribution >= 4 is 39.1 Å². The Hall–Kier alpha value is -3.29. The molecule has 0 atom stereocenters. The lowest BCUT2D eigenvalue weighted by Crippen LogP contribution is -2.41. The Bertz CT molecular complexity index is 1330. The number of carbonyl (C=O) groups is 2. The number of ether oxygens (including phenoxy) is 1. The van der Waals surface area contributed by atoms with Gasteiger partial charge in [-0.25, -0.2) is 4.98 Å². The summed E-state index contributed by atoms with van der Waals surface area (Å²) in [4.78, 5) is 45.3. The Morgan fingerprint density at radius 3 is 2.69 bits per heavy atom. The summed E-state index contributed by atoms with van der Waals surface area (Å²) in [6, 6.07) is 4.22. The van der Waals surface area contributed by atoms with Crippen LogP contribution in [0, 0.1) is 6.92 Å². The van der Waals surface area contributed by atoms with E-state index in [4.69, 9.17) is 4.74 Å². The van der Waals surface area contributed by atoms with E-state index in [1.807, 2.05) is 0 Å². The van der Waals surface area contributed by atoms with E-state index in [0.29, 0.717) is 41.6 Å². The van der Waals surface area contributed by atoms with E-state index in [-0.39, 0.29) is 17.0 Å². The van der Waals surface area contributed by atoms with Gasteiger partial charge in [-0.2, -0.15) is 13.2 Å². The maximum Gasteiger partial charge on any atom is 0.416 e. The first-order valence-corrected chi connectivity index (χ1v) is 12.0. The van der Waals surface area contributed by atoms with E-state index in [9.17, 15) is 27.6 Å². The molecule has 1 aliphatic rings. The van der Waals surface area contributed by atoms with Gasteiger partial charge in [0.15, 0.2) is 0 Å². The second-order valence-electron chi connectivity index (χ2n) is 8.25. The molecule has 4 rings (SSSR count). The molecule has 2 amide bonds. The Kier molecular flexibility index (Phi) is 7.71. The molecule has 0 saturated carbocycles. The van der Waals surface area contributed by atoms with Crippen LogP contribution in [0.2, 0.25) is 0 Å². The van der Waals surface area contributed by atoms with Crippen LogP contribution in [0.25, 0.3) is 10.2 Å². The molecule has 3 aromatic rings. The molecule has 1 aromatic carbocycles. The van der Waals surface area contributed by atoms with Crippen molar-refractivity contribution in [2.24, 2.45) is 0 Å². The monoisotopic (exact) mass is 523 g/mol. The lowest BCUT2D eigenvalue weighted by molar-refractivity contribution is -0.137. The number of fused-ring (bicyclic) bond motifs is 1. The second-order valence-corrected chi connectivity index (χ2v) is 9.25. The molecule has 9 nitrogen and oxygen atoms in total. The Balaban J connectivity index is 1.44. The molecule has 1 fully saturated rings. The largest absolute Gasteiger partial charge is 0.416 e. The van der Waals surface area contributed by atoms with Crippen molar-refractivity contribution < 1.29 is 27.5 Å². The average molecular weight is 524 g/mol. The third kappa shape index (κ3) is 5.91. The zero-order valence-electron chi connectivity index (χ0n) is 19.4. The Morgan fingerprint density at radius 2 is 1.97 bits per heavy atom. The van der Waals surface area contributed by atoms with Crippen LogP contribution in [0.4, 0.5) is 18.9 Å². The predicted molar refractivity (Wildman–Crippen MR) is 128 cm³/mol. The number of hydrogen-bond donors (Lipinski definition) is 2. The lowest BCUT2D eigenvalue weighted by atomic mass is 10.2. The summed E-state index contributed by atoms with van der Waals surface area (Å²) in [5.41, 5.74) is -0.991. The molecule has 36 heavy (non-hydrogen) atoms. The third-order valence-corrected chi connectivity index (χ3v) is 6.93. The van der Waals surface area contributed by atoms with E-state index in [1.165, 1.54) is 18.5 Å².